The predicted octanol–water partition coefficient (Wildman–Crippen LogP) is 2.40. The molecule has 1 aromatic heterocycles. The van der Waals surface area contributed by atoms with E-state index in [0.29, 0.717) is 11.7 Å². The standard InChI is InChI=1S/C16H19N3O2/c1-21-13-9-12(10-5-3-2-4-6-10)19-16(13)17-15(18-19)14(20)11-7-8-11/h2-6,11-14,20H,7-9H2,1H3/t12-,13-,14?/m0/s1. The fourth-order valence-corrected chi connectivity index (χ4v) is 3.11. The fraction of sp³-hybridized carbons (Fsp3) is 0.500. The first-order valence-electron chi connectivity index (χ1n) is 7.50. The van der Waals surface area contributed by atoms with Crippen LogP contribution in [-0.4, -0.2) is 27.0 Å². The number of methoxy groups -OCH3 is 1. The van der Waals surface area contributed by atoms with Gasteiger partial charge in [0.1, 0.15) is 12.2 Å². The molecule has 110 valence electrons. The van der Waals surface area contributed by atoms with Crippen molar-refractivity contribution in [2.75, 3.05) is 7.11 Å². The van der Waals surface area contributed by atoms with Gasteiger partial charge < -0.3 is 9.84 Å². The van der Waals surface area contributed by atoms with Crippen molar-refractivity contribution in [1.29, 1.82) is 0 Å². The molecule has 1 aliphatic carbocycles. The van der Waals surface area contributed by atoms with Gasteiger partial charge in [0, 0.05) is 13.5 Å². The van der Waals surface area contributed by atoms with Gasteiger partial charge in [-0.2, -0.15) is 5.10 Å². The number of aromatic nitrogens is 3. The van der Waals surface area contributed by atoms with Crippen LogP contribution in [0.3, 0.4) is 0 Å². The Morgan fingerprint density at radius 2 is 2.05 bits per heavy atom. The zero-order valence-corrected chi connectivity index (χ0v) is 12.0. The summed E-state index contributed by atoms with van der Waals surface area (Å²) in [5.74, 6) is 1.72. The lowest BCUT2D eigenvalue weighted by molar-refractivity contribution is 0.0976. The van der Waals surface area contributed by atoms with E-state index in [1.165, 1.54) is 5.56 Å². The highest BCUT2D eigenvalue weighted by Crippen LogP contribution is 2.43. The molecule has 1 aliphatic heterocycles. The zero-order chi connectivity index (χ0) is 14.4. The van der Waals surface area contributed by atoms with E-state index in [1.54, 1.807) is 7.11 Å². The monoisotopic (exact) mass is 285 g/mol. The minimum absolute atomic E-state index is 0.0529. The first kappa shape index (κ1) is 13.0. The molecular weight excluding hydrogens is 266 g/mol. The number of fused-ring (bicyclic) bond motifs is 1. The van der Waals surface area contributed by atoms with E-state index in [4.69, 9.17) is 4.74 Å². The Morgan fingerprint density at radius 1 is 1.29 bits per heavy atom. The van der Waals surface area contributed by atoms with E-state index in [1.807, 2.05) is 22.9 Å². The molecule has 0 saturated heterocycles. The summed E-state index contributed by atoms with van der Waals surface area (Å²) >= 11 is 0. The van der Waals surface area contributed by atoms with Gasteiger partial charge in [0.2, 0.25) is 0 Å². The van der Waals surface area contributed by atoms with Gasteiger partial charge in [0.25, 0.3) is 0 Å². The van der Waals surface area contributed by atoms with E-state index in [9.17, 15) is 5.11 Å². The van der Waals surface area contributed by atoms with E-state index < -0.39 is 6.10 Å². The molecule has 0 bridgehead atoms. The zero-order valence-electron chi connectivity index (χ0n) is 12.0. The average molecular weight is 285 g/mol. The van der Waals surface area contributed by atoms with Crippen LogP contribution in [0.25, 0.3) is 0 Å². The summed E-state index contributed by atoms with van der Waals surface area (Å²) in [5.41, 5.74) is 1.20. The first-order valence-corrected chi connectivity index (χ1v) is 7.50. The largest absolute Gasteiger partial charge is 0.385 e. The van der Waals surface area contributed by atoms with Crippen LogP contribution in [0.5, 0.6) is 0 Å². The van der Waals surface area contributed by atoms with E-state index in [-0.39, 0.29) is 12.1 Å². The second kappa shape index (κ2) is 4.93. The molecular formula is C16H19N3O2. The van der Waals surface area contributed by atoms with Crippen molar-refractivity contribution in [1.82, 2.24) is 14.8 Å². The Hall–Kier alpha value is -1.72. The van der Waals surface area contributed by atoms with Crippen LogP contribution in [0.2, 0.25) is 0 Å². The summed E-state index contributed by atoms with van der Waals surface area (Å²) < 4.78 is 7.49. The van der Waals surface area contributed by atoms with Gasteiger partial charge in [-0.1, -0.05) is 30.3 Å². The van der Waals surface area contributed by atoms with Gasteiger partial charge in [-0.25, -0.2) is 9.67 Å². The third kappa shape index (κ3) is 2.17. The predicted molar refractivity (Wildman–Crippen MR) is 76.7 cm³/mol. The Bertz CT molecular complexity index is 636. The van der Waals surface area contributed by atoms with Crippen LogP contribution in [0.15, 0.2) is 30.3 Å². The number of hydrogen-bond donors (Lipinski definition) is 1. The quantitative estimate of drug-likeness (QED) is 0.937. The molecule has 4 rings (SSSR count). The minimum atomic E-state index is -0.531. The van der Waals surface area contributed by atoms with Gasteiger partial charge in [0.15, 0.2) is 11.6 Å². The van der Waals surface area contributed by atoms with Crippen LogP contribution in [0, 0.1) is 5.92 Å². The van der Waals surface area contributed by atoms with Gasteiger partial charge in [-0.3, -0.25) is 0 Å². The molecule has 21 heavy (non-hydrogen) atoms. The fourth-order valence-electron chi connectivity index (χ4n) is 3.11. The maximum atomic E-state index is 10.3. The van der Waals surface area contributed by atoms with Crippen LogP contribution < -0.4 is 0 Å². The first-order chi connectivity index (χ1) is 10.3. The van der Waals surface area contributed by atoms with E-state index in [2.05, 4.69) is 22.2 Å². The molecule has 1 saturated carbocycles. The molecule has 1 unspecified atom stereocenters. The van der Waals surface area contributed by atoms with Gasteiger partial charge in [0.05, 0.1) is 6.04 Å². The van der Waals surface area contributed by atoms with Crippen molar-refractivity contribution < 1.29 is 9.84 Å². The third-order valence-electron chi connectivity index (χ3n) is 4.50. The SMILES string of the molecule is CO[C@H]1C[C@@H](c2ccccc2)n2nc(C(O)C3CC3)nc21. The summed E-state index contributed by atoms with van der Waals surface area (Å²) in [7, 11) is 1.70. The van der Waals surface area contributed by atoms with Crippen molar-refractivity contribution in [3.8, 4) is 0 Å². The molecule has 5 nitrogen and oxygen atoms in total. The highest BCUT2D eigenvalue weighted by molar-refractivity contribution is 5.24. The molecule has 2 heterocycles. The summed E-state index contributed by atoms with van der Waals surface area (Å²) in [6.07, 6.45) is 2.40. The number of hydrogen-bond acceptors (Lipinski definition) is 4. The number of aliphatic hydroxyl groups is 1. The van der Waals surface area contributed by atoms with Crippen molar-refractivity contribution in [2.24, 2.45) is 5.92 Å². The average Bonchev–Trinajstić information content (AvgIpc) is 3.19. The van der Waals surface area contributed by atoms with Crippen molar-refractivity contribution >= 4 is 0 Å². The molecule has 0 spiro atoms. The van der Waals surface area contributed by atoms with Crippen LogP contribution in [0.1, 0.15) is 54.7 Å². The lowest BCUT2D eigenvalue weighted by Gasteiger charge is -2.13. The summed E-state index contributed by atoms with van der Waals surface area (Å²) in [4.78, 5) is 4.56. The van der Waals surface area contributed by atoms with Gasteiger partial charge >= 0.3 is 0 Å². The smallest absolute Gasteiger partial charge is 0.179 e. The molecule has 1 N–H and O–H groups in total. The second-order valence-electron chi connectivity index (χ2n) is 5.94. The molecule has 1 fully saturated rings. The molecule has 1 aromatic carbocycles. The Morgan fingerprint density at radius 3 is 2.71 bits per heavy atom. The second-order valence-corrected chi connectivity index (χ2v) is 5.94. The lowest BCUT2D eigenvalue weighted by Crippen LogP contribution is -2.09. The summed E-state index contributed by atoms with van der Waals surface area (Å²) in [5, 5.41) is 14.8. The molecule has 3 atom stereocenters. The summed E-state index contributed by atoms with van der Waals surface area (Å²) in [6.45, 7) is 0. The molecule has 5 heteroatoms. The lowest BCUT2D eigenvalue weighted by atomic mass is 10.0. The topological polar surface area (TPSA) is 60.2 Å². The van der Waals surface area contributed by atoms with E-state index >= 15 is 0 Å². The molecule has 0 amide bonds. The van der Waals surface area contributed by atoms with Crippen LogP contribution >= 0.6 is 0 Å². The molecule has 2 aliphatic rings. The van der Waals surface area contributed by atoms with Crippen LogP contribution in [-0.2, 0) is 4.74 Å². The highest BCUT2D eigenvalue weighted by atomic mass is 16.5. The Balaban J connectivity index is 1.71. The normalized spacial score (nSPS) is 25.8. The van der Waals surface area contributed by atoms with Gasteiger partial charge in [-0.15, -0.1) is 0 Å². The number of rotatable bonds is 4. The minimum Gasteiger partial charge on any atom is -0.385 e. The highest BCUT2D eigenvalue weighted by Gasteiger charge is 2.39. The number of benzene rings is 1. The van der Waals surface area contributed by atoms with E-state index in [0.717, 1.165) is 25.1 Å². The number of ether oxygens (including phenoxy) is 1. The van der Waals surface area contributed by atoms with Crippen LogP contribution in [0.4, 0.5) is 0 Å². The number of nitrogens with zero attached hydrogens (tertiary/aromatic N) is 3. The van der Waals surface area contributed by atoms with Crippen molar-refractivity contribution in [3.63, 3.8) is 0 Å². The maximum absolute atomic E-state index is 10.3. The Labute approximate surface area is 123 Å². The maximum Gasteiger partial charge on any atom is 0.179 e. The molecule has 0 radical (unpaired) electrons. The van der Waals surface area contributed by atoms with Crippen molar-refractivity contribution in [3.05, 3.63) is 47.5 Å². The summed E-state index contributed by atoms with van der Waals surface area (Å²) in [6, 6.07) is 10.4. The number of aliphatic hydroxyl groups excluding tert-OH is 1. The van der Waals surface area contributed by atoms with Gasteiger partial charge in [-0.05, 0) is 24.3 Å². The third-order valence-corrected chi connectivity index (χ3v) is 4.50. The van der Waals surface area contributed by atoms with Crippen molar-refractivity contribution in [2.45, 2.75) is 37.5 Å². The Kier molecular flexibility index (Phi) is 3.05. The molecule has 2 aromatic rings.